The van der Waals surface area contributed by atoms with Gasteiger partial charge in [0.1, 0.15) is 5.69 Å². The lowest BCUT2D eigenvalue weighted by molar-refractivity contribution is 0.0950. The van der Waals surface area contributed by atoms with E-state index in [1.807, 2.05) is 6.92 Å². The Bertz CT molecular complexity index is 482. The molecule has 6 heteroatoms. The maximum atomic E-state index is 11.7. The van der Waals surface area contributed by atoms with Gasteiger partial charge in [-0.25, -0.2) is 4.68 Å². The summed E-state index contributed by atoms with van der Waals surface area (Å²) in [5.41, 5.74) is 0.0279. The second-order valence-electron chi connectivity index (χ2n) is 3.48. The first-order valence-corrected chi connectivity index (χ1v) is 6.03. The molecule has 0 aliphatic rings. The van der Waals surface area contributed by atoms with Gasteiger partial charge in [0, 0.05) is 23.6 Å². The quantitative estimate of drug-likeness (QED) is 0.891. The van der Waals surface area contributed by atoms with Crippen LogP contribution in [0.15, 0.2) is 28.0 Å². The molecule has 0 saturated heterocycles. The Morgan fingerprint density at radius 1 is 1.59 bits per heavy atom. The summed E-state index contributed by atoms with van der Waals surface area (Å²) in [6, 6.07) is 2.77. The van der Waals surface area contributed by atoms with E-state index in [9.17, 15) is 9.59 Å². The molecule has 0 atom stereocenters. The number of amides is 1. The zero-order valence-electron chi connectivity index (χ0n) is 9.57. The lowest BCUT2D eigenvalue weighted by Gasteiger charge is -2.06. The molecule has 0 bridgehead atoms. The lowest BCUT2D eigenvalue weighted by Crippen LogP contribution is -2.30. The number of aryl methyl sites for hydroxylation is 1. The summed E-state index contributed by atoms with van der Waals surface area (Å²) in [5.74, 6) is -0.324. The van der Waals surface area contributed by atoms with Crippen LogP contribution in [0.4, 0.5) is 0 Å². The van der Waals surface area contributed by atoms with Crippen LogP contribution < -0.4 is 10.9 Å². The number of nitrogens with zero attached hydrogens (tertiary/aromatic N) is 2. The zero-order chi connectivity index (χ0) is 12.8. The normalized spacial score (nSPS) is 10.0. The van der Waals surface area contributed by atoms with Crippen LogP contribution in [0.5, 0.6) is 0 Å². The molecule has 0 aliphatic carbocycles. The van der Waals surface area contributed by atoms with E-state index in [0.717, 1.165) is 6.42 Å². The fourth-order valence-corrected chi connectivity index (χ4v) is 1.35. The molecule has 17 heavy (non-hydrogen) atoms. The molecule has 1 aromatic rings. The second-order valence-corrected chi connectivity index (χ2v) is 4.60. The average Bonchev–Trinajstić information content (AvgIpc) is 2.29. The minimum Gasteiger partial charge on any atom is -0.346 e. The van der Waals surface area contributed by atoms with E-state index in [2.05, 4.69) is 32.9 Å². The zero-order valence-corrected chi connectivity index (χ0v) is 11.2. The van der Waals surface area contributed by atoms with Crippen molar-refractivity contribution in [1.82, 2.24) is 15.1 Å². The molecule has 0 radical (unpaired) electrons. The number of aromatic nitrogens is 2. The summed E-state index contributed by atoms with van der Waals surface area (Å²) < 4.78 is 1.96. The lowest BCUT2D eigenvalue weighted by atomic mass is 10.3. The van der Waals surface area contributed by atoms with Crippen LogP contribution in [0.25, 0.3) is 0 Å². The number of hydrogen-bond donors (Lipinski definition) is 1. The number of nitrogens with one attached hydrogen (secondary N) is 1. The molecule has 1 heterocycles. The highest BCUT2D eigenvalue weighted by molar-refractivity contribution is 9.11. The third-order valence-electron chi connectivity index (χ3n) is 1.98. The standard InChI is InChI=1S/C11H14BrN3O2/c1-3-6-15-10(16)5-4-9(14-15)11(17)13-7-8(2)12/h4-5H,2-3,6-7H2,1H3,(H,13,17). The van der Waals surface area contributed by atoms with Crippen molar-refractivity contribution in [2.45, 2.75) is 19.9 Å². The Morgan fingerprint density at radius 3 is 2.88 bits per heavy atom. The SMILES string of the molecule is C=C(Br)CNC(=O)c1ccc(=O)n(CCC)n1. The van der Waals surface area contributed by atoms with E-state index in [0.29, 0.717) is 17.6 Å². The molecular weight excluding hydrogens is 286 g/mol. The third-order valence-corrected chi connectivity index (χ3v) is 2.26. The molecule has 1 aromatic heterocycles. The number of carbonyl (C=O) groups excluding carboxylic acids is 1. The Labute approximate surface area is 108 Å². The maximum absolute atomic E-state index is 11.7. The number of rotatable bonds is 5. The van der Waals surface area contributed by atoms with Crippen molar-refractivity contribution in [2.24, 2.45) is 0 Å². The Hall–Kier alpha value is -1.43. The fraction of sp³-hybridized carbons (Fsp3) is 0.364. The molecule has 0 saturated carbocycles. The minimum absolute atomic E-state index is 0.201. The molecular formula is C11H14BrN3O2. The first kappa shape index (κ1) is 13.6. The van der Waals surface area contributed by atoms with E-state index in [1.165, 1.54) is 16.8 Å². The van der Waals surface area contributed by atoms with Crippen molar-refractivity contribution in [2.75, 3.05) is 6.54 Å². The number of hydrogen-bond acceptors (Lipinski definition) is 3. The average molecular weight is 300 g/mol. The number of halogens is 1. The number of carbonyl (C=O) groups is 1. The van der Waals surface area contributed by atoms with E-state index >= 15 is 0 Å². The van der Waals surface area contributed by atoms with Gasteiger partial charge in [0.2, 0.25) is 0 Å². The van der Waals surface area contributed by atoms with Gasteiger partial charge in [0.25, 0.3) is 11.5 Å². The van der Waals surface area contributed by atoms with Crippen LogP contribution >= 0.6 is 15.9 Å². The first-order chi connectivity index (χ1) is 8.04. The van der Waals surface area contributed by atoms with Crippen molar-refractivity contribution in [3.63, 3.8) is 0 Å². The van der Waals surface area contributed by atoms with Gasteiger partial charge in [-0.2, -0.15) is 5.10 Å². The van der Waals surface area contributed by atoms with Gasteiger partial charge in [0.15, 0.2) is 0 Å². The van der Waals surface area contributed by atoms with Gasteiger partial charge in [-0.1, -0.05) is 29.4 Å². The molecule has 92 valence electrons. The summed E-state index contributed by atoms with van der Waals surface area (Å²) in [6.07, 6.45) is 0.788. The molecule has 0 aromatic carbocycles. The predicted octanol–water partition coefficient (Wildman–Crippen LogP) is 1.29. The largest absolute Gasteiger partial charge is 0.346 e. The van der Waals surface area contributed by atoms with Crippen LogP contribution in [0, 0.1) is 0 Å². The van der Waals surface area contributed by atoms with Crippen LogP contribution in [0.2, 0.25) is 0 Å². The van der Waals surface area contributed by atoms with E-state index in [-0.39, 0.29) is 17.2 Å². The van der Waals surface area contributed by atoms with Gasteiger partial charge in [-0.15, -0.1) is 0 Å². The van der Waals surface area contributed by atoms with Gasteiger partial charge < -0.3 is 5.32 Å². The van der Waals surface area contributed by atoms with Crippen LogP contribution in [0.3, 0.4) is 0 Å². The van der Waals surface area contributed by atoms with Gasteiger partial charge in [-0.3, -0.25) is 9.59 Å². The monoisotopic (exact) mass is 299 g/mol. The van der Waals surface area contributed by atoms with Crippen molar-refractivity contribution >= 4 is 21.8 Å². The van der Waals surface area contributed by atoms with Crippen LogP contribution in [-0.4, -0.2) is 22.2 Å². The molecule has 1 N–H and O–H groups in total. The topological polar surface area (TPSA) is 64.0 Å². The maximum Gasteiger partial charge on any atom is 0.272 e. The minimum atomic E-state index is -0.324. The summed E-state index contributed by atoms with van der Waals surface area (Å²) in [5, 5.41) is 6.61. The highest BCUT2D eigenvalue weighted by atomic mass is 79.9. The summed E-state index contributed by atoms with van der Waals surface area (Å²) in [6.45, 7) is 6.38. The van der Waals surface area contributed by atoms with Gasteiger partial charge in [0.05, 0.1) is 0 Å². The Morgan fingerprint density at radius 2 is 2.29 bits per heavy atom. The van der Waals surface area contributed by atoms with E-state index in [4.69, 9.17) is 0 Å². The first-order valence-electron chi connectivity index (χ1n) is 5.24. The molecule has 0 unspecified atom stereocenters. The van der Waals surface area contributed by atoms with E-state index in [1.54, 1.807) is 0 Å². The Balaban J connectivity index is 2.84. The second kappa shape index (κ2) is 6.34. The van der Waals surface area contributed by atoms with E-state index < -0.39 is 0 Å². The molecule has 0 aliphatic heterocycles. The van der Waals surface area contributed by atoms with Crippen molar-refractivity contribution in [3.05, 3.63) is 39.2 Å². The van der Waals surface area contributed by atoms with Crippen molar-refractivity contribution < 1.29 is 4.79 Å². The van der Waals surface area contributed by atoms with Crippen molar-refractivity contribution in [1.29, 1.82) is 0 Å². The molecule has 0 fully saturated rings. The van der Waals surface area contributed by atoms with Crippen LogP contribution in [0.1, 0.15) is 23.8 Å². The summed E-state index contributed by atoms with van der Waals surface area (Å²) >= 11 is 3.14. The highest BCUT2D eigenvalue weighted by Crippen LogP contribution is 1.98. The summed E-state index contributed by atoms with van der Waals surface area (Å²) in [7, 11) is 0. The molecule has 1 rings (SSSR count). The molecule has 1 amide bonds. The fourth-order valence-electron chi connectivity index (χ4n) is 1.21. The van der Waals surface area contributed by atoms with Crippen LogP contribution in [-0.2, 0) is 6.54 Å². The van der Waals surface area contributed by atoms with Gasteiger partial charge >= 0.3 is 0 Å². The highest BCUT2D eigenvalue weighted by Gasteiger charge is 2.08. The smallest absolute Gasteiger partial charge is 0.272 e. The van der Waals surface area contributed by atoms with Gasteiger partial charge in [-0.05, 0) is 12.5 Å². The Kier molecular flexibility index (Phi) is 5.09. The van der Waals surface area contributed by atoms with Crippen molar-refractivity contribution in [3.8, 4) is 0 Å². The molecule has 5 nitrogen and oxygen atoms in total. The predicted molar refractivity (Wildman–Crippen MR) is 69.2 cm³/mol. The third kappa shape index (κ3) is 4.14. The summed E-state index contributed by atoms with van der Waals surface area (Å²) in [4.78, 5) is 23.1. The molecule has 0 spiro atoms.